The highest BCUT2D eigenvalue weighted by atomic mass is 32.1. The Morgan fingerprint density at radius 1 is 1.26 bits per heavy atom. The van der Waals surface area contributed by atoms with E-state index in [2.05, 4.69) is 52.8 Å². The first-order chi connectivity index (χ1) is 13.2. The molecule has 0 saturated carbocycles. The van der Waals surface area contributed by atoms with Gasteiger partial charge < -0.3 is 4.90 Å². The summed E-state index contributed by atoms with van der Waals surface area (Å²) in [4.78, 5) is 16.1. The number of nitrogens with zero attached hydrogens (tertiary/aromatic N) is 2. The first-order valence-corrected chi connectivity index (χ1v) is 10.5. The number of aromatic nitrogens is 2. The van der Waals surface area contributed by atoms with E-state index in [0.717, 1.165) is 32.4 Å². The van der Waals surface area contributed by atoms with Crippen molar-refractivity contribution in [3.05, 3.63) is 64.1 Å². The highest BCUT2D eigenvalue weighted by Gasteiger charge is 2.27. The number of carbonyl (C=O) groups excluding carboxylic acids is 1. The highest BCUT2D eigenvalue weighted by Crippen LogP contribution is 2.34. The van der Waals surface area contributed by atoms with Crippen LogP contribution in [0.15, 0.2) is 48.0 Å². The monoisotopic (exact) mass is 379 g/mol. The number of rotatable bonds is 5. The van der Waals surface area contributed by atoms with Gasteiger partial charge in [-0.05, 0) is 48.8 Å². The van der Waals surface area contributed by atoms with Crippen LogP contribution >= 0.6 is 11.3 Å². The smallest absolute Gasteiger partial charge is 0.222 e. The summed E-state index contributed by atoms with van der Waals surface area (Å²) in [6.45, 7) is 3.78. The second-order valence-corrected chi connectivity index (χ2v) is 8.30. The molecule has 140 valence electrons. The normalized spacial score (nSPS) is 17.2. The molecule has 1 amide bonds. The first kappa shape index (κ1) is 18.0. The third-order valence-electron chi connectivity index (χ3n) is 5.45. The van der Waals surface area contributed by atoms with E-state index in [4.69, 9.17) is 0 Å². The number of amides is 1. The Bertz CT molecular complexity index is 900. The van der Waals surface area contributed by atoms with Crippen molar-refractivity contribution >= 4 is 17.2 Å². The third kappa shape index (κ3) is 3.98. The molecule has 3 aromatic rings. The van der Waals surface area contributed by atoms with E-state index in [9.17, 15) is 4.79 Å². The van der Waals surface area contributed by atoms with Crippen LogP contribution < -0.4 is 0 Å². The van der Waals surface area contributed by atoms with Crippen molar-refractivity contribution in [3.63, 3.8) is 0 Å². The molecule has 3 heterocycles. The number of nitrogens with one attached hydrogen (secondary N) is 1. The van der Waals surface area contributed by atoms with Gasteiger partial charge in [0.2, 0.25) is 5.91 Å². The fraction of sp³-hybridized carbons (Fsp3) is 0.364. The van der Waals surface area contributed by atoms with E-state index >= 15 is 0 Å². The highest BCUT2D eigenvalue weighted by molar-refractivity contribution is 7.09. The van der Waals surface area contributed by atoms with Crippen molar-refractivity contribution in [3.8, 4) is 11.1 Å². The Balaban J connectivity index is 1.47. The summed E-state index contributed by atoms with van der Waals surface area (Å²) >= 11 is 1.73. The molecule has 1 fully saturated rings. The second kappa shape index (κ2) is 8.09. The maximum Gasteiger partial charge on any atom is 0.222 e. The zero-order valence-corrected chi connectivity index (χ0v) is 16.5. The molecule has 0 aliphatic carbocycles. The summed E-state index contributed by atoms with van der Waals surface area (Å²) in [6, 6.07) is 12.6. The van der Waals surface area contributed by atoms with E-state index in [1.54, 1.807) is 11.3 Å². The summed E-state index contributed by atoms with van der Waals surface area (Å²) in [7, 11) is 0. The van der Waals surface area contributed by atoms with Crippen molar-refractivity contribution in [1.29, 1.82) is 0 Å². The largest absolute Gasteiger partial charge is 0.342 e. The van der Waals surface area contributed by atoms with Crippen LogP contribution in [0, 0.1) is 6.92 Å². The maximum atomic E-state index is 12.7. The molecule has 5 heteroatoms. The molecule has 27 heavy (non-hydrogen) atoms. The predicted molar refractivity (Wildman–Crippen MR) is 110 cm³/mol. The SMILES string of the molecule is Cc1ccccc1-c1cn[nH]c1C1CCCN(C(=O)CCc2cccs2)C1. The lowest BCUT2D eigenvalue weighted by atomic mass is 9.89. The third-order valence-corrected chi connectivity index (χ3v) is 6.39. The average molecular weight is 380 g/mol. The molecule has 0 spiro atoms. The second-order valence-electron chi connectivity index (χ2n) is 7.27. The van der Waals surface area contributed by atoms with Crippen LogP contribution in [0.2, 0.25) is 0 Å². The summed E-state index contributed by atoms with van der Waals surface area (Å²) in [5, 5.41) is 9.63. The number of H-pyrrole nitrogens is 1. The maximum absolute atomic E-state index is 12.7. The van der Waals surface area contributed by atoms with Gasteiger partial charge in [0.1, 0.15) is 0 Å². The van der Waals surface area contributed by atoms with Gasteiger partial charge in [0, 0.05) is 41.6 Å². The number of carbonyl (C=O) groups is 1. The van der Waals surface area contributed by atoms with E-state index in [-0.39, 0.29) is 5.91 Å². The number of aromatic amines is 1. The molecule has 4 rings (SSSR count). The predicted octanol–water partition coefficient (Wildman–Crippen LogP) is 4.79. The zero-order valence-electron chi connectivity index (χ0n) is 15.6. The van der Waals surface area contributed by atoms with Gasteiger partial charge in [-0.3, -0.25) is 9.89 Å². The van der Waals surface area contributed by atoms with Gasteiger partial charge >= 0.3 is 0 Å². The molecular formula is C22H25N3OS. The molecule has 2 aromatic heterocycles. The van der Waals surface area contributed by atoms with Gasteiger partial charge in [-0.15, -0.1) is 11.3 Å². The summed E-state index contributed by atoms with van der Waals surface area (Å²) in [6.07, 6.45) is 5.50. The van der Waals surface area contributed by atoms with Gasteiger partial charge in [-0.2, -0.15) is 5.10 Å². The van der Waals surface area contributed by atoms with Crippen molar-refractivity contribution in [2.24, 2.45) is 0 Å². The lowest BCUT2D eigenvalue weighted by Crippen LogP contribution is -2.39. The molecule has 1 atom stereocenters. The van der Waals surface area contributed by atoms with Crippen LogP contribution in [-0.4, -0.2) is 34.1 Å². The number of likely N-dealkylation sites (tertiary alicyclic amines) is 1. The van der Waals surface area contributed by atoms with Gasteiger partial charge in [0.05, 0.1) is 6.20 Å². The Morgan fingerprint density at radius 3 is 2.96 bits per heavy atom. The fourth-order valence-electron chi connectivity index (χ4n) is 3.98. The standard InChI is InChI=1S/C22H25N3OS/c1-16-6-2-3-9-19(16)20-14-23-24-22(20)17-7-4-12-25(15-17)21(26)11-10-18-8-5-13-27-18/h2-3,5-6,8-9,13-14,17H,4,7,10-12,15H2,1H3,(H,23,24). The molecule has 1 aliphatic heterocycles. The Labute approximate surface area is 164 Å². The minimum Gasteiger partial charge on any atom is -0.342 e. The number of hydrogen-bond donors (Lipinski definition) is 1. The van der Waals surface area contributed by atoms with Crippen LogP contribution in [0.4, 0.5) is 0 Å². The van der Waals surface area contributed by atoms with Gasteiger partial charge in [-0.25, -0.2) is 0 Å². The van der Waals surface area contributed by atoms with E-state index in [0.29, 0.717) is 12.3 Å². The van der Waals surface area contributed by atoms with Crippen LogP contribution in [-0.2, 0) is 11.2 Å². The van der Waals surface area contributed by atoms with E-state index in [1.165, 1.54) is 27.3 Å². The summed E-state index contributed by atoms with van der Waals surface area (Å²) in [5.41, 5.74) is 4.81. The van der Waals surface area contributed by atoms with Crippen molar-refractivity contribution < 1.29 is 4.79 Å². The molecule has 1 aliphatic rings. The fourth-order valence-corrected chi connectivity index (χ4v) is 4.69. The van der Waals surface area contributed by atoms with Gasteiger partial charge in [0.15, 0.2) is 0 Å². The van der Waals surface area contributed by atoms with Crippen LogP contribution in [0.25, 0.3) is 11.1 Å². The van der Waals surface area contributed by atoms with Gasteiger partial charge in [-0.1, -0.05) is 30.3 Å². The van der Waals surface area contributed by atoms with Crippen molar-refractivity contribution in [2.45, 2.75) is 38.5 Å². The number of thiophene rings is 1. The van der Waals surface area contributed by atoms with E-state index in [1.807, 2.05) is 17.2 Å². The molecule has 4 nitrogen and oxygen atoms in total. The number of hydrogen-bond acceptors (Lipinski definition) is 3. The first-order valence-electron chi connectivity index (χ1n) is 9.62. The summed E-state index contributed by atoms with van der Waals surface area (Å²) < 4.78 is 0. The summed E-state index contributed by atoms with van der Waals surface area (Å²) in [5.74, 6) is 0.589. The lowest BCUT2D eigenvalue weighted by molar-refractivity contribution is -0.132. The molecule has 1 unspecified atom stereocenters. The minimum atomic E-state index is 0.269. The average Bonchev–Trinajstić information content (AvgIpc) is 3.38. The van der Waals surface area contributed by atoms with E-state index < -0.39 is 0 Å². The van der Waals surface area contributed by atoms with Crippen LogP contribution in [0.3, 0.4) is 0 Å². The molecule has 0 bridgehead atoms. The number of aryl methyl sites for hydroxylation is 2. The Hall–Kier alpha value is -2.40. The molecule has 1 aromatic carbocycles. The zero-order chi connectivity index (χ0) is 18.6. The van der Waals surface area contributed by atoms with Crippen LogP contribution in [0.1, 0.15) is 41.3 Å². The quantitative estimate of drug-likeness (QED) is 0.693. The molecule has 1 N–H and O–H groups in total. The Morgan fingerprint density at radius 2 is 2.15 bits per heavy atom. The molecule has 0 radical (unpaired) electrons. The molecular weight excluding hydrogens is 354 g/mol. The molecule has 1 saturated heterocycles. The van der Waals surface area contributed by atoms with Crippen molar-refractivity contribution in [1.82, 2.24) is 15.1 Å². The van der Waals surface area contributed by atoms with Crippen molar-refractivity contribution in [2.75, 3.05) is 13.1 Å². The number of piperidine rings is 1. The minimum absolute atomic E-state index is 0.269. The number of benzene rings is 1. The lowest BCUT2D eigenvalue weighted by Gasteiger charge is -2.33. The van der Waals surface area contributed by atoms with Crippen LogP contribution in [0.5, 0.6) is 0 Å². The van der Waals surface area contributed by atoms with Gasteiger partial charge in [0.25, 0.3) is 0 Å². The Kier molecular flexibility index (Phi) is 5.39. The topological polar surface area (TPSA) is 49.0 Å².